The molecule has 2 aromatic heterocycles. The minimum Gasteiger partial charge on any atom is -0.394 e. The van der Waals surface area contributed by atoms with Crippen LogP contribution in [-0.2, 0) is 9.94 Å². The highest BCUT2D eigenvalue weighted by Crippen LogP contribution is 2.37. The summed E-state index contributed by atoms with van der Waals surface area (Å²) in [4.78, 5) is 12.2. The molecular weight excluding hydrogens is 332 g/mol. The van der Waals surface area contributed by atoms with Crippen LogP contribution in [0.1, 0.15) is 27.0 Å². The molecular formula is C14H21N6O5. The maximum Gasteiger partial charge on any atom is 0.237 e. The largest absolute Gasteiger partial charge is 0.394 e. The number of nitrogens with two attached hydrogens (primary N) is 1. The molecule has 3 rings (SSSR count). The third-order valence-corrected chi connectivity index (χ3v) is 4.05. The van der Waals surface area contributed by atoms with Crippen LogP contribution in [0.25, 0.3) is 11.2 Å². The molecule has 5 N–H and O–H groups in total. The molecule has 1 saturated heterocycles. The van der Waals surface area contributed by atoms with Gasteiger partial charge in [0.2, 0.25) is 5.95 Å². The molecule has 3 heterocycles. The molecule has 1 fully saturated rings. The van der Waals surface area contributed by atoms with Crippen LogP contribution in [0.15, 0.2) is 6.33 Å². The normalized spacial score (nSPS) is 27.2. The Bertz CT molecular complexity index is 775. The van der Waals surface area contributed by atoms with Crippen LogP contribution in [0.5, 0.6) is 0 Å². The van der Waals surface area contributed by atoms with Crippen LogP contribution in [0, 0.1) is 0 Å². The summed E-state index contributed by atoms with van der Waals surface area (Å²) < 4.78 is 6.81. The average molecular weight is 353 g/mol. The maximum absolute atomic E-state index is 12.8. The van der Waals surface area contributed by atoms with Crippen molar-refractivity contribution in [2.45, 2.75) is 50.8 Å². The van der Waals surface area contributed by atoms with Crippen LogP contribution in [0.2, 0.25) is 0 Å². The fourth-order valence-corrected chi connectivity index (χ4v) is 2.69. The standard InChI is InChI=1S/C14H21N6O5/c1-14(2,3)20(24)13-18-7-10(15)16-5-17-11(7)19(13)12-9(23)8(22)6(4-21)25-12/h5-6,8-9,12,21-23H,4H2,1-3H3,(H2,15,16,17)/t6-,8-,9-,12-/m1/s1. The highest BCUT2D eigenvalue weighted by atomic mass is 16.6. The van der Waals surface area contributed by atoms with Crippen LogP contribution < -0.4 is 10.8 Å². The number of hydrogen-bond donors (Lipinski definition) is 4. The van der Waals surface area contributed by atoms with Gasteiger partial charge in [-0.25, -0.2) is 15.0 Å². The first-order valence-corrected chi connectivity index (χ1v) is 7.75. The van der Waals surface area contributed by atoms with Gasteiger partial charge in [-0.1, -0.05) is 5.21 Å². The van der Waals surface area contributed by atoms with Gasteiger partial charge in [0, 0.05) is 0 Å². The minimum absolute atomic E-state index is 0.0686. The number of nitrogens with zero attached hydrogens (tertiary/aromatic N) is 5. The molecule has 11 nitrogen and oxygen atoms in total. The van der Waals surface area contributed by atoms with Crippen molar-refractivity contribution in [3.05, 3.63) is 6.33 Å². The third kappa shape index (κ3) is 2.79. The zero-order valence-electron chi connectivity index (χ0n) is 14.1. The van der Waals surface area contributed by atoms with E-state index in [0.717, 1.165) is 0 Å². The van der Waals surface area contributed by atoms with Gasteiger partial charge in [-0.05, 0) is 20.8 Å². The van der Waals surface area contributed by atoms with Gasteiger partial charge in [0.05, 0.1) is 12.1 Å². The average Bonchev–Trinajstić information content (AvgIpc) is 3.06. The number of aliphatic hydroxyl groups excluding tert-OH is 3. The first-order valence-electron chi connectivity index (χ1n) is 7.75. The Morgan fingerprint density at radius 1 is 1.32 bits per heavy atom. The van der Waals surface area contributed by atoms with Crippen LogP contribution in [-0.4, -0.2) is 65.3 Å². The number of aliphatic hydroxyl groups is 3. The number of nitrogen functional groups attached to an aromatic ring is 1. The molecule has 0 saturated carbocycles. The summed E-state index contributed by atoms with van der Waals surface area (Å²) in [6.07, 6.45) is -3.68. The van der Waals surface area contributed by atoms with E-state index in [1.54, 1.807) is 20.8 Å². The molecule has 0 amide bonds. The summed E-state index contributed by atoms with van der Waals surface area (Å²) in [7, 11) is 0. The van der Waals surface area contributed by atoms with Gasteiger partial charge in [0.15, 0.2) is 23.2 Å². The van der Waals surface area contributed by atoms with Crippen molar-refractivity contribution < 1.29 is 25.3 Å². The Labute approximate surface area is 143 Å². The number of imidazole rings is 1. The van der Waals surface area contributed by atoms with Crippen molar-refractivity contribution in [2.75, 3.05) is 17.4 Å². The van der Waals surface area contributed by atoms with Crippen molar-refractivity contribution >= 4 is 22.9 Å². The molecule has 1 aliphatic heterocycles. The Hall–Kier alpha value is -2.05. The fraction of sp³-hybridized carbons (Fsp3) is 0.643. The fourth-order valence-electron chi connectivity index (χ4n) is 2.69. The van der Waals surface area contributed by atoms with Crippen LogP contribution in [0.3, 0.4) is 0 Å². The zero-order valence-corrected chi connectivity index (χ0v) is 14.1. The zero-order chi connectivity index (χ0) is 18.5. The number of aromatic nitrogens is 4. The second-order valence-electron chi connectivity index (χ2n) is 6.91. The molecule has 0 spiro atoms. The Kier molecular flexibility index (Phi) is 4.29. The van der Waals surface area contributed by atoms with Gasteiger partial charge in [0.1, 0.15) is 24.6 Å². The number of rotatable bonds is 3. The lowest BCUT2D eigenvalue weighted by atomic mass is 10.1. The molecule has 2 aromatic rings. The lowest BCUT2D eigenvalue weighted by Gasteiger charge is -2.29. The summed E-state index contributed by atoms with van der Waals surface area (Å²) in [6, 6.07) is 0. The lowest BCUT2D eigenvalue weighted by molar-refractivity contribution is -0.0525. The van der Waals surface area contributed by atoms with Crippen LogP contribution in [0.4, 0.5) is 11.8 Å². The molecule has 25 heavy (non-hydrogen) atoms. The highest BCUT2D eigenvalue weighted by Gasteiger charge is 2.46. The Balaban J connectivity index is 2.20. The van der Waals surface area contributed by atoms with E-state index in [0.29, 0.717) is 5.06 Å². The second-order valence-corrected chi connectivity index (χ2v) is 6.91. The number of fused-ring (bicyclic) bond motifs is 1. The highest BCUT2D eigenvalue weighted by molar-refractivity contribution is 5.84. The predicted octanol–water partition coefficient (Wildman–Crippen LogP) is -1.03. The van der Waals surface area contributed by atoms with E-state index in [1.807, 2.05) is 0 Å². The molecule has 0 bridgehead atoms. The first kappa shape index (κ1) is 17.8. The summed E-state index contributed by atoms with van der Waals surface area (Å²) in [5.41, 5.74) is 5.34. The third-order valence-electron chi connectivity index (χ3n) is 4.05. The topological polar surface area (TPSA) is 163 Å². The van der Waals surface area contributed by atoms with E-state index in [2.05, 4.69) is 15.0 Å². The summed E-state index contributed by atoms with van der Waals surface area (Å²) in [6.45, 7) is 4.58. The Morgan fingerprint density at radius 3 is 2.56 bits per heavy atom. The Morgan fingerprint density at radius 2 is 2.00 bits per heavy atom. The van der Waals surface area contributed by atoms with E-state index < -0.39 is 36.7 Å². The molecule has 0 aliphatic carbocycles. The SMILES string of the molecule is CC(C)(C)N([O])c1nc2c(N)ncnc2n1[C@@H]1O[C@H](CO)[C@@H](O)[C@H]1O. The molecule has 11 heteroatoms. The van der Waals surface area contributed by atoms with Crippen molar-refractivity contribution in [1.82, 2.24) is 19.5 Å². The van der Waals surface area contributed by atoms with E-state index in [-0.39, 0.29) is 22.9 Å². The molecule has 137 valence electrons. The number of hydroxylamine groups is 1. The van der Waals surface area contributed by atoms with E-state index in [4.69, 9.17) is 10.5 Å². The number of ether oxygens (including phenoxy) is 1. The smallest absolute Gasteiger partial charge is 0.237 e. The first-order chi connectivity index (χ1) is 11.7. The lowest BCUT2D eigenvalue weighted by Crippen LogP contribution is -2.40. The van der Waals surface area contributed by atoms with Crippen molar-refractivity contribution in [3.8, 4) is 0 Å². The van der Waals surface area contributed by atoms with Gasteiger partial charge in [-0.15, -0.1) is 0 Å². The monoisotopic (exact) mass is 353 g/mol. The van der Waals surface area contributed by atoms with Crippen molar-refractivity contribution in [1.29, 1.82) is 0 Å². The van der Waals surface area contributed by atoms with Crippen molar-refractivity contribution in [2.24, 2.45) is 0 Å². The summed E-state index contributed by atoms with van der Waals surface area (Å²) >= 11 is 0. The van der Waals surface area contributed by atoms with Gasteiger partial charge >= 0.3 is 0 Å². The molecule has 1 aliphatic rings. The summed E-state index contributed by atoms with van der Waals surface area (Å²) in [5, 5.41) is 43.1. The van der Waals surface area contributed by atoms with E-state index in [1.165, 1.54) is 10.9 Å². The van der Waals surface area contributed by atoms with Crippen LogP contribution >= 0.6 is 0 Å². The van der Waals surface area contributed by atoms with Gasteiger partial charge in [-0.2, -0.15) is 5.06 Å². The van der Waals surface area contributed by atoms with Gasteiger partial charge in [0.25, 0.3) is 0 Å². The number of anilines is 2. The number of hydrogen-bond acceptors (Lipinski definition) is 9. The van der Waals surface area contributed by atoms with E-state index >= 15 is 0 Å². The predicted molar refractivity (Wildman–Crippen MR) is 85.7 cm³/mol. The quantitative estimate of drug-likeness (QED) is 0.505. The van der Waals surface area contributed by atoms with Gasteiger partial charge in [-0.3, -0.25) is 4.57 Å². The molecule has 4 atom stereocenters. The summed E-state index contributed by atoms with van der Waals surface area (Å²) in [5.74, 6) is -0.0245. The maximum atomic E-state index is 12.8. The van der Waals surface area contributed by atoms with Gasteiger partial charge < -0.3 is 25.8 Å². The van der Waals surface area contributed by atoms with E-state index in [9.17, 15) is 20.5 Å². The molecule has 1 radical (unpaired) electrons. The molecule has 0 unspecified atom stereocenters. The van der Waals surface area contributed by atoms with Crippen molar-refractivity contribution in [3.63, 3.8) is 0 Å². The minimum atomic E-state index is -1.39. The second kappa shape index (κ2) is 6.04. The molecule has 0 aromatic carbocycles.